The molecular formula is C29H33ClN4O3S. The number of amides is 1. The van der Waals surface area contributed by atoms with E-state index in [-0.39, 0.29) is 11.5 Å². The number of rotatable bonds is 5. The zero-order valence-electron chi connectivity index (χ0n) is 21.7. The fourth-order valence-electron chi connectivity index (χ4n) is 5.77. The van der Waals surface area contributed by atoms with Gasteiger partial charge in [-0.05, 0) is 42.4 Å². The van der Waals surface area contributed by atoms with Gasteiger partial charge in [0, 0.05) is 68.7 Å². The fraction of sp³-hybridized carbons (Fsp3) is 0.448. The van der Waals surface area contributed by atoms with Gasteiger partial charge in [0.25, 0.3) is 5.91 Å². The third-order valence-corrected chi connectivity index (χ3v) is 8.69. The van der Waals surface area contributed by atoms with Crippen molar-refractivity contribution in [2.75, 3.05) is 46.4 Å². The molecule has 0 bridgehead atoms. The van der Waals surface area contributed by atoms with E-state index in [0.29, 0.717) is 28.2 Å². The van der Waals surface area contributed by atoms with Crippen LogP contribution in [-0.2, 0) is 24.4 Å². The summed E-state index contributed by atoms with van der Waals surface area (Å²) in [4.78, 5) is 18.2. The van der Waals surface area contributed by atoms with Crippen molar-refractivity contribution in [2.24, 2.45) is 0 Å². The topological polar surface area (TPSA) is 59.0 Å². The minimum Gasteiger partial charge on any atom is -0.483 e. The Hall–Kier alpha value is -2.49. The number of pyridine rings is 1. The van der Waals surface area contributed by atoms with Crippen LogP contribution >= 0.6 is 23.8 Å². The summed E-state index contributed by atoms with van der Waals surface area (Å²) < 4.78 is 15.2. The monoisotopic (exact) mass is 552 g/mol. The van der Waals surface area contributed by atoms with E-state index in [4.69, 9.17) is 33.3 Å². The number of carbonyl (C=O) groups excluding carboxylic acids is 1. The summed E-state index contributed by atoms with van der Waals surface area (Å²) in [6.45, 7) is 7.18. The van der Waals surface area contributed by atoms with Crippen LogP contribution < -0.4 is 10.1 Å². The average Bonchev–Trinajstić information content (AvgIpc) is 2.92. The van der Waals surface area contributed by atoms with Gasteiger partial charge >= 0.3 is 0 Å². The van der Waals surface area contributed by atoms with Gasteiger partial charge in [0.15, 0.2) is 0 Å². The van der Waals surface area contributed by atoms with Crippen LogP contribution in [0.3, 0.4) is 0 Å². The summed E-state index contributed by atoms with van der Waals surface area (Å²) in [5.74, 6) is 0.709. The first-order valence-corrected chi connectivity index (χ1v) is 14.1. The van der Waals surface area contributed by atoms with Crippen molar-refractivity contribution in [1.29, 1.82) is 0 Å². The molecule has 4 heterocycles. The Kier molecular flexibility index (Phi) is 7.18. The molecule has 3 aliphatic rings. The molecule has 0 atom stereocenters. The number of hydrogen-bond acceptors (Lipinski definition) is 6. The number of ether oxygens (including phenoxy) is 2. The van der Waals surface area contributed by atoms with Gasteiger partial charge in [-0.3, -0.25) is 9.69 Å². The highest BCUT2D eigenvalue weighted by molar-refractivity contribution is 7.71. The lowest BCUT2D eigenvalue weighted by molar-refractivity contribution is -0.0119. The molecular weight excluding hydrogens is 520 g/mol. The Bertz CT molecular complexity index is 1410. The van der Waals surface area contributed by atoms with Gasteiger partial charge in [-0.25, -0.2) is 0 Å². The molecule has 200 valence electrons. The Morgan fingerprint density at radius 2 is 1.82 bits per heavy atom. The van der Waals surface area contributed by atoms with Crippen molar-refractivity contribution in [3.63, 3.8) is 0 Å². The molecule has 2 saturated heterocycles. The molecule has 3 aliphatic heterocycles. The van der Waals surface area contributed by atoms with Crippen LogP contribution in [-0.4, -0.2) is 72.3 Å². The number of piperidine rings is 1. The lowest BCUT2D eigenvalue weighted by atomic mass is 9.89. The van der Waals surface area contributed by atoms with E-state index in [1.807, 2.05) is 30.5 Å². The number of halogens is 1. The zero-order chi connectivity index (χ0) is 26.3. The molecule has 0 radical (unpaired) electrons. The molecule has 0 unspecified atom stereocenters. The maximum atomic E-state index is 13.5. The third kappa shape index (κ3) is 5.20. The molecule has 9 heteroatoms. The number of nitrogens with one attached hydrogen (secondary N) is 1. The Labute approximate surface area is 233 Å². The van der Waals surface area contributed by atoms with Gasteiger partial charge in [-0.15, -0.1) is 0 Å². The lowest BCUT2D eigenvalue weighted by Crippen LogP contribution is -2.51. The summed E-state index contributed by atoms with van der Waals surface area (Å²) in [6, 6.07) is 11.8. The van der Waals surface area contributed by atoms with Crippen LogP contribution in [0.15, 0.2) is 42.6 Å². The van der Waals surface area contributed by atoms with E-state index in [2.05, 4.69) is 38.9 Å². The summed E-state index contributed by atoms with van der Waals surface area (Å²) in [7, 11) is 2.16. The van der Waals surface area contributed by atoms with Crippen LogP contribution in [0.25, 0.3) is 10.9 Å². The number of carbonyl (C=O) groups is 1. The summed E-state index contributed by atoms with van der Waals surface area (Å²) in [5.41, 5.74) is 3.36. The number of benzene rings is 2. The second-order valence-electron chi connectivity index (χ2n) is 10.8. The number of likely N-dealkylation sites (tertiary alicyclic amines) is 1. The molecule has 2 fully saturated rings. The largest absolute Gasteiger partial charge is 0.483 e. The number of aromatic nitrogens is 1. The van der Waals surface area contributed by atoms with Gasteiger partial charge in [0.2, 0.25) is 0 Å². The van der Waals surface area contributed by atoms with Crippen molar-refractivity contribution in [3.8, 4) is 5.75 Å². The van der Waals surface area contributed by atoms with E-state index in [0.717, 1.165) is 86.6 Å². The highest BCUT2D eigenvalue weighted by Crippen LogP contribution is 2.41. The maximum absolute atomic E-state index is 13.5. The summed E-state index contributed by atoms with van der Waals surface area (Å²) in [5, 5.41) is 4.64. The van der Waals surface area contributed by atoms with E-state index in [1.54, 1.807) is 0 Å². The van der Waals surface area contributed by atoms with Crippen LogP contribution in [0.4, 0.5) is 0 Å². The van der Waals surface area contributed by atoms with Crippen LogP contribution in [0.5, 0.6) is 5.75 Å². The highest BCUT2D eigenvalue weighted by atomic mass is 35.5. The van der Waals surface area contributed by atoms with Gasteiger partial charge in [-0.2, -0.15) is 0 Å². The van der Waals surface area contributed by atoms with E-state index < -0.39 is 0 Å². The second kappa shape index (κ2) is 10.6. The smallest absolute Gasteiger partial charge is 0.254 e. The molecule has 3 aromatic rings. The molecule has 0 saturated carbocycles. The fourth-order valence-corrected chi connectivity index (χ4v) is 6.20. The molecule has 2 aromatic carbocycles. The first-order valence-electron chi connectivity index (χ1n) is 13.3. The summed E-state index contributed by atoms with van der Waals surface area (Å²) in [6.07, 6.45) is 3.83. The van der Waals surface area contributed by atoms with Gasteiger partial charge in [0.1, 0.15) is 11.4 Å². The van der Waals surface area contributed by atoms with Crippen LogP contribution in [0.2, 0.25) is 5.02 Å². The predicted octanol–water partition coefficient (Wildman–Crippen LogP) is 4.64. The molecule has 1 spiro atoms. The van der Waals surface area contributed by atoms with Gasteiger partial charge < -0.3 is 24.3 Å². The van der Waals surface area contributed by atoms with Crippen LogP contribution in [0.1, 0.15) is 34.3 Å². The zero-order valence-corrected chi connectivity index (χ0v) is 23.2. The third-order valence-electron chi connectivity index (χ3n) is 8.00. The van der Waals surface area contributed by atoms with Crippen LogP contribution in [0, 0.1) is 4.51 Å². The molecule has 1 aromatic heterocycles. The van der Waals surface area contributed by atoms with Crippen molar-refractivity contribution in [3.05, 3.63) is 68.8 Å². The minimum absolute atomic E-state index is 0.167. The Morgan fingerprint density at radius 1 is 1.08 bits per heavy atom. The van der Waals surface area contributed by atoms with Crippen molar-refractivity contribution in [2.45, 2.75) is 38.1 Å². The van der Waals surface area contributed by atoms with Crippen molar-refractivity contribution in [1.82, 2.24) is 19.7 Å². The highest BCUT2D eigenvalue weighted by Gasteiger charge is 2.40. The van der Waals surface area contributed by atoms with Crippen molar-refractivity contribution >= 4 is 40.6 Å². The SMILES string of the molecule is CN1CCC2(CC1)Cn1cc(C(=O)NCc3ccc(Cl)cc3)c(=S)c3cc(CN4CCOCC4)cc(c31)O2. The first kappa shape index (κ1) is 25.8. The van der Waals surface area contributed by atoms with Gasteiger partial charge in [-0.1, -0.05) is 36.0 Å². The van der Waals surface area contributed by atoms with Gasteiger partial charge in [0.05, 0.1) is 35.3 Å². The molecule has 1 amide bonds. The quantitative estimate of drug-likeness (QED) is 0.465. The van der Waals surface area contributed by atoms with E-state index in [1.165, 1.54) is 0 Å². The minimum atomic E-state index is -0.283. The molecule has 0 aliphatic carbocycles. The molecule has 38 heavy (non-hydrogen) atoms. The molecule has 6 rings (SSSR count). The number of hydrogen-bond donors (Lipinski definition) is 1. The van der Waals surface area contributed by atoms with E-state index >= 15 is 0 Å². The predicted molar refractivity (Wildman–Crippen MR) is 152 cm³/mol. The van der Waals surface area contributed by atoms with E-state index in [9.17, 15) is 4.79 Å². The lowest BCUT2D eigenvalue weighted by Gasteiger charge is -2.44. The standard InChI is InChI=1S/C29H33ClN4O3S/c1-32-8-6-29(7-9-32)19-34-18-24(28(35)31-16-20-2-4-22(30)5-3-20)27(38)23-14-21(15-25(37-29)26(23)34)17-33-10-12-36-13-11-33/h2-5,14-15,18H,6-13,16-17,19H2,1H3,(H,31,35). The maximum Gasteiger partial charge on any atom is 0.254 e. The molecule has 7 nitrogen and oxygen atoms in total. The first-order chi connectivity index (χ1) is 18.4. The molecule has 1 N–H and O–H groups in total. The van der Waals surface area contributed by atoms with Crippen molar-refractivity contribution < 1.29 is 14.3 Å². The Morgan fingerprint density at radius 3 is 2.55 bits per heavy atom. The summed E-state index contributed by atoms with van der Waals surface area (Å²) >= 11 is 12.0. The second-order valence-corrected chi connectivity index (χ2v) is 11.6. The Balaban J connectivity index is 1.38. The number of morpholine rings is 1. The normalized spacial score (nSPS) is 19.4. The number of nitrogens with zero attached hydrogens (tertiary/aromatic N) is 3. The average molecular weight is 553 g/mol.